The number of piperazine rings is 1. The zero-order valence-corrected chi connectivity index (χ0v) is 37.4. The molecule has 0 spiro atoms. The molecule has 1 saturated heterocycles. The molecule has 7 nitrogen and oxygen atoms in total. The van der Waals surface area contributed by atoms with E-state index in [1.165, 1.54) is 30.3 Å². The van der Waals surface area contributed by atoms with Gasteiger partial charge in [-0.05, 0) is 147 Å². The summed E-state index contributed by atoms with van der Waals surface area (Å²) in [7, 11) is -5.75. The van der Waals surface area contributed by atoms with Crippen LogP contribution in [0.4, 0.5) is 44.7 Å². The number of halogens is 6. The van der Waals surface area contributed by atoms with Crippen LogP contribution in [0.5, 0.6) is 0 Å². The van der Waals surface area contributed by atoms with Crippen LogP contribution in [0, 0.1) is 18.6 Å². The maximum atomic E-state index is 15.6. The summed E-state index contributed by atoms with van der Waals surface area (Å²) in [6.07, 6.45) is 2.05. The Morgan fingerprint density at radius 2 is 1.41 bits per heavy atom. The second-order valence-corrected chi connectivity index (χ2v) is 19.4. The minimum Gasteiger partial charge on any atom is -0.368 e. The van der Waals surface area contributed by atoms with Crippen LogP contribution >= 0.6 is 47.3 Å². The van der Waals surface area contributed by atoms with Crippen LogP contribution in [0.2, 0.25) is 5.02 Å². The predicted octanol–water partition coefficient (Wildman–Crippen LogP) is 13.2. The lowest BCUT2D eigenvalue weighted by Crippen LogP contribution is -2.46. The highest BCUT2D eigenvalue weighted by Gasteiger charge is 2.48. The molecule has 2 heterocycles. The highest BCUT2D eigenvalue weighted by Crippen LogP contribution is 2.46. The predicted molar refractivity (Wildman–Crippen MR) is 243 cm³/mol. The van der Waals surface area contributed by atoms with E-state index in [9.17, 15) is 26.0 Å². The van der Waals surface area contributed by atoms with Crippen molar-refractivity contribution < 1.29 is 30.4 Å². The van der Waals surface area contributed by atoms with Gasteiger partial charge in [-0.1, -0.05) is 35.9 Å². The first-order valence-corrected chi connectivity index (χ1v) is 23.8. The fraction of sp³-hybridized carbons (Fsp3) is 0.227. The molecule has 5 aromatic carbocycles. The standard InChI is InChI=1S/C44H41ClF5N5O2S4/c1-27(2)55-28(3)43(58-4)41(42(55)29-9-11-31(45)12-10-29)30-23-32(46)25-35(24-30)54-21-19-53(20-22-54)34-15-13-33(14-16-34)51-59-36-17-18-38(40(26-36)61(56,57)44(48,49)50)52-60-39-8-6-5-7-37(39)47/h5-18,23-27,51-52H,19-22H2,1-4H3. The minimum atomic E-state index is -5.75. The van der Waals surface area contributed by atoms with Gasteiger partial charge in [-0.2, -0.15) is 13.2 Å². The molecule has 7 rings (SSSR count). The Balaban J connectivity index is 1.04. The second kappa shape index (κ2) is 18.5. The minimum absolute atomic E-state index is 0.0852. The third-order valence-electron chi connectivity index (χ3n) is 10.2. The van der Waals surface area contributed by atoms with Gasteiger partial charge >= 0.3 is 5.51 Å². The van der Waals surface area contributed by atoms with Gasteiger partial charge in [0.1, 0.15) is 16.5 Å². The Kier molecular flexibility index (Phi) is 13.5. The number of nitrogens with zero attached hydrogens (tertiary/aromatic N) is 3. The van der Waals surface area contributed by atoms with Crippen molar-refractivity contribution in [3.05, 3.63) is 132 Å². The summed E-state index contributed by atoms with van der Waals surface area (Å²) in [6, 6.07) is 29.9. The Morgan fingerprint density at radius 3 is 2.03 bits per heavy atom. The number of benzene rings is 5. The molecular weight excluding hydrogens is 889 g/mol. The Morgan fingerprint density at radius 1 is 0.754 bits per heavy atom. The third-order valence-corrected chi connectivity index (χ3v) is 14.6. The largest absolute Gasteiger partial charge is 0.501 e. The topological polar surface area (TPSA) is 69.6 Å². The molecule has 0 atom stereocenters. The molecule has 0 saturated carbocycles. The van der Waals surface area contributed by atoms with Crippen molar-refractivity contribution in [1.82, 2.24) is 4.57 Å². The number of hydrogen-bond acceptors (Lipinski definition) is 9. The number of thioether (sulfide) groups is 1. The smallest absolute Gasteiger partial charge is 0.368 e. The average Bonchev–Trinajstić information content (AvgIpc) is 3.54. The highest BCUT2D eigenvalue weighted by molar-refractivity contribution is 8.01. The molecule has 0 aliphatic carbocycles. The molecule has 6 aromatic rings. The van der Waals surface area contributed by atoms with E-state index >= 15 is 4.39 Å². The molecule has 1 aromatic heterocycles. The van der Waals surface area contributed by atoms with Gasteiger partial charge in [0.15, 0.2) is 0 Å². The van der Waals surface area contributed by atoms with Crippen molar-refractivity contribution in [2.45, 2.75) is 51.9 Å². The van der Waals surface area contributed by atoms with Crippen molar-refractivity contribution in [2.75, 3.05) is 51.7 Å². The average molecular weight is 931 g/mol. The summed E-state index contributed by atoms with van der Waals surface area (Å²) in [4.78, 5) is 4.83. The number of sulfone groups is 1. The summed E-state index contributed by atoms with van der Waals surface area (Å²) < 4.78 is 104. The van der Waals surface area contributed by atoms with Crippen LogP contribution in [0.1, 0.15) is 25.6 Å². The maximum Gasteiger partial charge on any atom is 0.501 e. The van der Waals surface area contributed by atoms with Crippen molar-refractivity contribution >= 4 is 79.8 Å². The van der Waals surface area contributed by atoms with E-state index in [2.05, 4.69) is 50.6 Å². The fourth-order valence-corrected chi connectivity index (χ4v) is 10.8. The van der Waals surface area contributed by atoms with E-state index in [4.69, 9.17) is 11.6 Å². The quantitative estimate of drug-likeness (QED) is 0.0669. The fourth-order valence-electron chi connectivity index (χ4n) is 7.36. The van der Waals surface area contributed by atoms with E-state index in [0.717, 1.165) is 62.4 Å². The highest BCUT2D eigenvalue weighted by atomic mass is 35.5. The Labute approximate surface area is 370 Å². The number of hydrogen-bond donors (Lipinski definition) is 2. The Bertz CT molecular complexity index is 2640. The van der Waals surface area contributed by atoms with Gasteiger partial charge in [-0.15, -0.1) is 11.8 Å². The van der Waals surface area contributed by atoms with E-state index < -0.39 is 26.1 Å². The van der Waals surface area contributed by atoms with Gasteiger partial charge < -0.3 is 23.8 Å². The zero-order valence-electron chi connectivity index (χ0n) is 33.4. The van der Waals surface area contributed by atoms with Gasteiger partial charge in [0, 0.05) is 75.4 Å². The molecule has 320 valence electrons. The van der Waals surface area contributed by atoms with Crippen molar-refractivity contribution in [2.24, 2.45) is 0 Å². The van der Waals surface area contributed by atoms with Crippen LogP contribution in [-0.4, -0.2) is 50.9 Å². The summed E-state index contributed by atoms with van der Waals surface area (Å²) in [5.74, 6) is -0.925. The molecule has 17 heteroatoms. The SMILES string of the molecule is CSc1c(-c2cc(F)cc(N3CCN(c4ccc(NSc5ccc(NSc6ccccc6F)c(S(=O)(=O)C(F)(F)F)c5)cc4)CC3)c2)c(-c2ccc(Cl)cc2)n(C(C)C)c1C. The van der Waals surface area contributed by atoms with E-state index in [-0.39, 0.29) is 27.3 Å². The molecule has 2 N–H and O–H groups in total. The van der Waals surface area contributed by atoms with Crippen molar-refractivity contribution in [3.8, 4) is 22.4 Å². The molecule has 0 radical (unpaired) electrons. The van der Waals surface area contributed by atoms with Gasteiger partial charge in [0.05, 0.1) is 16.3 Å². The molecule has 0 bridgehead atoms. The molecule has 1 aliphatic heterocycles. The zero-order chi connectivity index (χ0) is 43.6. The monoisotopic (exact) mass is 929 g/mol. The van der Waals surface area contributed by atoms with Crippen LogP contribution in [-0.2, 0) is 9.84 Å². The summed E-state index contributed by atoms with van der Waals surface area (Å²) in [5, 5.41) is 0.644. The maximum absolute atomic E-state index is 15.6. The molecule has 0 unspecified atom stereocenters. The van der Waals surface area contributed by atoms with Crippen LogP contribution in [0.25, 0.3) is 22.4 Å². The lowest BCUT2D eigenvalue weighted by atomic mass is 9.99. The van der Waals surface area contributed by atoms with E-state index in [1.807, 2.05) is 54.8 Å². The number of alkyl halides is 3. The van der Waals surface area contributed by atoms with Gasteiger partial charge in [0.25, 0.3) is 9.84 Å². The van der Waals surface area contributed by atoms with Gasteiger partial charge in [0.2, 0.25) is 0 Å². The van der Waals surface area contributed by atoms with Crippen LogP contribution < -0.4 is 19.2 Å². The summed E-state index contributed by atoms with van der Waals surface area (Å²) in [6.45, 7) is 9.05. The lowest BCUT2D eigenvalue weighted by molar-refractivity contribution is -0.0435. The summed E-state index contributed by atoms with van der Waals surface area (Å²) >= 11 is 9.54. The number of nitrogens with one attached hydrogen (secondary N) is 2. The van der Waals surface area contributed by atoms with Gasteiger partial charge in [-0.3, -0.25) is 0 Å². The van der Waals surface area contributed by atoms with E-state index in [1.54, 1.807) is 30.0 Å². The first-order chi connectivity index (χ1) is 29.0. The number of anilines is 4. The third kappa shape index (κ3) is 9.63. The molecule has 0 amide bonds. The normalized spacial score (nSPS) is 13.6. The van der Waals surface area contributed by atoms with Crippen LogP contribution in [0.3, 0.4) is 0 Å². The van der Waals surface area contributed by atoms with Crippen LogP contribution in [0.15, 0.2) is 129 Å². The second-order valence-electron chi connectivity index (χ2n) is 14.5. The van der Waals surface area contributed by atoms with E-state index in [0.29, 0.717) is 48.8 Å². The molecular formula is C44H41ClF5N5O2S4. The summed E-state index contributed by atoms with van der Waals surface area (Å²) in [5.41, 5.74) is 1.45. The van der Waals surface area contributed by atoms with Gasteiger partial charge in [-0.25, -0.2) is 17.2 Å². The lowest BCUT2D eigenvalue weighted by Gasteiger charge is -2.37. The van der Waals surface area contributed by atoms with Crippen molar-refractivity contribution in [3.63, 3.8) is 0 Å². The first kappa shape index (κ1) is 44.6. The van der Waals surface area contributed by atoms with Crippen molar-refractivity contribution in [1.29, 1.82) is 0 Å². The number of rotatable bonds is 13. The first-order valence-electron chi connectivity index (χ1n) is 19.1. The molecule has 1 fully saturated rings. The molecule has 61 heavy (non-hydrogen) atoms. The Hall–Kier alpha value is -4.48. The number of aromatic nitrogens is 1. The molecule has 1 aliphatic rings.